The van der Waals surface area contributed by atoms with Crippen molar-refractivity contribution in [2.24, 2.45) is 0 Å². The van der Waals surface area contributed by atoms with Crippen molar-refractivity contribution in [3.05, 3.63) is 77.2 Å². The van der Waals surface area contributed by atoms with Gasteiger partial charge in [0.1, 0.15) is 5.65 Å². The molecule has 1 saturated heterocycles. The van der Waals surface area contributed by atoms with Crippen molar-refractivity contribution < 1.29 is 0 Å². The Balaban J connectivity index is 1.38. The molecule has 0 bridgehead atoms. The van der Waals surface area contributed by atoms with Crippen molar-refractivity contribution in [1.29, 1.82) is 0 Å². The van der Waals surface area contributed by atoms with E-state index < -0.39 is 0 Å². The molecule has 1 fully saturated rings. The standard InChI is InChI=1S/C23H23ClN6/c1-16-10-26-19(11-25-16)15-29-9-3-4-17(13-29)20-5-2-6-21(28-20)22-12-27-23-8-7-18(24)14-30(22)23/h2,5-8,10-12,14,17H,3-4,9,13,15H2,1H3. The maximum atomic E-state index is 6.20. The van der Waals surface area contributed by atoms with Gasteiger partial charge in [0.05, 0.1) is 34.0 Å². The van der Waals surface area contributed by atoms with E-state index in [1.807, 2.05) is 54.3 Å². The summed E-state index contributed by atoms with van der Waals surface area (Å²) in [5, 5.41) is 0.681. The third kappa shape index (κ3) is 3.93. The third-order valence-electron chi connectivity index (χ3n) is 5.65. The molecule has 7 heteroatoms. The van der Waals surface area contributed by atoms with E-state index in [0.29, 0.717) is 10.9 Å². The van der Waals surface area contributed by atoms with E-state index >= 15 is 0 Å². The van der Waals surface area contributed by atoms with Crippen molar-refractivity contribution in [1.82, 2.24) is 29.2 Å². The number of aromatic nitrogens is 5. The minimum Gasteiger partial charge on any atom is -0.297 e. The Morgan fingerprint density at radius 1 is 1.07 bits per heavy atom. The average molecular weight is 419 g/mol. The lowest BCUT2D eigenvalue weighted by atomic mass is 9.94. The molecule has 0 radical (unpaired) electrons. The third-order valence-corrected chi connectivity index (χ3v) is 5.87. The maximum absolute atomic E-state index is 6.20. The Labute approximate surface area is 180 Å². The van der Waals surface area contributed by atoms with E-state index in [1.165, 1.54) is 0 Å². The monoisotopic (exact) mass is 418 g/mol. The predicted octanol–water partition coefficient (Wildman–Crippen LogP) is 4.53. The number of rotatable bonds is 4. The molecule has 1 atom stereocenters. The summed E-state index contributed by atoms with van der Waals surface area (Å²) in [5.74, 6) is 0.403. The predicted molar refractivity (Wildman–Crippen MR) is 117 cm³/mol. The first-order chi connectivity index (χ1) is 14.7. The minimum absolute atomic E-state index is 0.403. The van der Waals surface area contributed by atoms with E-state index in [-0.39, 0.29) is 0 Å². The first kappa shape index (κ1) is 19.2. The lowest BCUT2D eigenvalue weighted by Crippen LogP contribution is -2.34. The van der Waals surface area contributed by atoms with E-state index in [9.17, 15) is 0 Å². The van der Waals surface area contributed by atoms with Crippen molar-refractivity contribution in [2.75, 3.05) is 13.1 Å². The van der Waals surface area contributed by atoms with Crippen LogP contribution < -0.4 is 0 Å². The van der Waals surface area contributed by atoms with Crippen LogP contribution in [0.4, 0.5) is 0 Å². The number of halogens is 1. The molecule has 4 aromatic rings. The highest BCUT2D eigenvalue weighted by Gasteiger charge is 2.23. The van der Waals surface area contributed by atoms with Crippen molar-refractivity contribution in [2.45, 2.75) is 32.2 Å². The van der Waals surface area contributed by atoms with Crippen LogP contribution >= 0.6 is 11.6 Å². The van der Waals surface area contributed by atoms with Gasteiger partial charge in [-0.1, -0.05) is 17.7 Å². The second kappa shape index (κ2) is 8.13. The summed E-state index contributed by atoms with van der Waals surface area (Å²) in [5.41, 5.74) is 5.84. The van der Waals surface area contributed by atoms with Gasteiger partial charge in [-0.15, -0.1) is 0 Å². The van der Waals surface area contributed by atoms with Crippen molar-refractivity contribution >= 4 is 17.2 Å². The summed E-state index contributed by atoms with van der Waals surface area (Å²) >= 11 is 6.20. The van der Waals surface area contributed by atoms with E-state index in [2.05, 4.69) is 32.0 Å². The van der Waals surface area contributed by atoms with Gasteiger partial charge in [-0.3, -0.25) is 24.3 Å². The summed E-state index contributed by atoms with van der Waals surface area (Å²) in [6, 6.07) is 10.0. The molecule has 0 N–H and O–H groups in total. The molecule has 0 amide bonds. The molecule has 30 heavy (non-hydrogen) atoms. The van der Waals surface area contributed by atoms with Gasteiger partial charge in [0.2, 0.25) is 0 Å². The lowest BCUT2D eigenvalue weighted by molar-refractivity contribution is 0.196. The highest BCUT2D eigenvalue weighted by Crippen LogP contribution is 2.29. The summed E-state index contributed by atoms with van der Waals surface area (Å²) < 4.78 is 2.00. The smallest absolute Gasteiger partial charge is 0.137 e. The van der Waals surface area contributed by atoms with Gasteiger partial charge in [0, 0.05) is 43.3 Å². The van der Waals surface area contributed by atoms with Crippen molar-refractivity contribution in [3.8, 4) is 11.4 Å². The van der Waals surface area contributed by atoms with E-state index in [4.69, 9.17) is 16.6 Å². The number of nitrogens with zero attached hydrogens (tertiary/aromatic N) is 6. The van der Waals surface area contributed by atoms with E-state index in [1.54, 1.807) is 0 Å². The average Bonchev–Trinajstić information content (AvgIpc) is 3.19. The molecule has 152 valence electrons. The quantitative estimate of drug-likeness (QED) is 0.487. The van der Waals surface area contributed by atoms with E-state index in [0.717, 1.165) is 66.6 Å². The Morgan fingerprint density at radius 2 is 2.00 bits per heavy atom. The molecule has 0 spiro atoms. The minimum atomic E-state index is 0.403. The van der Waals surface area contributed by atoms with Crippen LogP contribution in [0.5, 0.6) is 0 Å². The Morgan fingerprint density at radius 3 is 2.87 bits per heavy atom. The molecule has 1 unspecified atom stereocenters. The molecule has 0 aliphatic carbocycles. The molecule has 6 nitrogen and oxygen atoms in total. The first-order valence-electron chi connectivity index (χ1n) is 10.3. The van der Waals surface area contributed by atoms with Crippen LogP contribution in [-0.2, 0) is 6.54 Å². The van der Waals surface area contributed by atoms with Gasteiger partial charge in [-0.2, -0.15) is 0 Å². The van der Waals surface area contributed by atoms with Crippen LogP contribution in [0.2, 0.25) is 5.02 Å². The molecule has 5 rings (SSSR count). The summed E-state index contributed by atoms with van der Waals surface area (Å²) in [7, 11) is 0. The first-order valence-corrected chi connectivity index (χ1v) is 10.6. The summed E-state index contributed by atoms with van der Waals surface area (Å²) in [6.45, 7) is 4.85. The number of likely N-dealkylation sites (tertiary alicyclic amines) is 1. The number of imidazole rings is 1. The second-order valence-electron chi connectivity index (χ2n) is 7.89. The highest BCUT2D eigenvalue weighted by molar-refractivity contribution is 6.30. The van der Waals surface area contributed by atoms with Crippen LogP contribution in [0, 0.1) is 6.92 Å². The van der Waals surface area contributed by atoms with Crippen LogP contribution in [0.3, 0.4) is 0 Å². The van der Waals surface area contributed by atoms with Gasteiger partial charge in [-0.05, 0) is 50.6 Å². The topological polar surface area (TPSA) is 59.2 Å². The van der Waals surface area contributed by atoms with Gasteiger partial charge in [-0.25, -0.2) is 4.98 Å². The van der Waals surface area contributed by atoms with Gasteiger partial charge < -0.3 is 0 Å². The largest absolute Gasteiger partial charge is 0.297 e. The number of piperidine rings is 1. The van der Waals surface area contributed by atoms with Crippen LogP contribution in [0.1, 0.15) is 35.8 Å². The maximum Gasteiger partial charge on any atom is 0.137 e. The van der Waals surface area contributed by atoms with Gasteiger partial charge in [0.15, 0.2) is 0 Å². The molecule has 5 heterocycles. The second-order valence-corrected chi connectivity index (χ2v) is 8.33. The molecule has 0 aromatic carbocycles. The Kier molecular flexibility index (Phi) is 5.19. The molecule has 0 saturated carbocycles. The summed E-state index contributed by atoms with van der Waals surface area (Å²) in [6.07, 6.45) is 9.77. The molecular weight excluding hydrogens is 396 g/mol. The fourth-order valence-corrected chi connectivity index (χ4v) is 4.30. The molecule has 4 aromatic heterocycles. The number of fused-ring (bicyclic) bond motifs is 1. The van der Waals surface area contributed by atoms with Crippen LogP contribution in [0.15, 0.2) is 55.1 Å². The summed E-state index contributed by atoms with van der Waals surface area (Å²) in [4.78, 5) is 20.8. The zero-order valence-electron chi connectivity index (χ0n) is 16.9. The number of hydrogen-bond donors (Lipinski definition) is 0. The highest BCUT2D eigenvalue weighted by atomic mass is 35.5. The van der Waals surface area contributed by atoms with Gasteiger partial charge in [0.25, 0.3) is 0 Å². The normalized spacial score (nSPS) is 17.5. The SMILES string of the molecule is Cc1cnc(CN2CCCC(c3cccc(-c4cnc5ccc(Cl)cn45)n3)C2)cn1. The fourth-order valence-electron chi connectivity index (χ4n) is 4.14. The Bertz CT molecular complexity index is 1170. The van der Waals surface area contributed by atoms with Gasteiger partial charge >= 0.3 is 0 Å². The van der Waals surface area contributed by atoms with Crippen LogP contribution in [0.25, 0.3) is 17.0 Å². The van der Waals surface area contributed by atoms with Crippen LogP contribution in [-0.4, -0.2) is 42.3 Å². The fraction of sp³-hybridized carbons (Fsp3) is 0.304. The zero-order valence-corrected chi connectivity index (χ0v) is 17.6. The number of hydrogen-bond acceptors (Lipinski definition) is 5. The Hall–Kier alpha value is -2.83. The molecule has 1 aliphatic heterocycles. The van der Waals surface area contributed by atoms with Crippen molar-refractivity contribution in [3.63, 3.8) is 0 Å². The molecule has 1 aliphatic rings. The number of pyridine rings is 2. The lowest BCUT2D eigenvalue weighted by Gasteiger charge is -2.32. The molecular formula is C23H23ClN6. The zero-order chi connectivity index (χ0) is 20.5. The number of aryl methyl sites for hydroxylation is 1.